The predicted octanol–water partition coefficient (Wildman–Crippen LogP) is 5.52. The van der Waals surface area contributed by atoms with Gasteiger partial charge in [0, 0.05) is 11.4 Å². The van der Waals surface area contributed by atoms with Crippen molar-refractivity contribution in [2.24, 2.45) is 0 Å². The molecule has 148 valence electrons. The van der Waals surface area contributed by atoms with E-state index in [-0.39, 0.29) is 22.5 Å². The first kappa shape index (κ1) is 21.8. The number of carbonyl (C=O) groups is 1. The Kier molecular flexibility index (Phi) is 6.73. The molecule has 0 radical (unpaired) electrons. The third-order valence-electron chi connectivity index (χ3n) is 4.03. The van der Waals surface area contributed by atoms with Crippen molar-refractivity contribution in [1.29, 1.82) is 5.26 Å². The molecule has 0 aliphatic carbocycles. The van der Waals surface area contributed by atoms with E-state index in [1.54, 1.807) is 25.1 Å². The molecule has 0 saturated carbocycles. The number of aryl methyl sites for hydroxylation is 1. The van der Waals surface area contributed by atoms with Crippen LogP contribution in [-0.2, 0) is 11.0 Å². The fourth-order valence-electron chi connectivity index (χ4n) is 2.63. The largest absolute Gasteiger partial charge is 0.417 e. The maximum Gasteiger partial charge on any atom is 0.417 e. The van der Waals surface area contributed by atoms with E-state index >= 15 is 0 Å². The van der Waals surface area contributed by atoms with Gasteiger partial charge in [0.25, 0.3) is 0 Å². The number of hydrogen-bond donors (Lipinski definition) is 1. The van der Waals surface area contributed by atoms with Crippen LogP contribution >= 0.6 is 11.8 Å². The number of nitrogens with one attached hydrogen (secondary N) is 1. The molecule has 1 heterocycles. The summed E-state index contributed by atoms with van der Waals surface area (Å²) in [5, 5.41) is 11.2. The summed E-state index contributed by atoms with van der Waals surface area (Å²) in [7, 11) is 0. The molecule has 0 spiro atoms. The Bertz CT molecular complexity index is 920. The van der Waals surface area contributed by atoms with Crippen LogP contribution in [0.5, 0.6) is 0 Å². The Morgan fingerprint density at radius 2 is 1.89 bits per heavy atom. The molecule has 0 bridgehead atoms. The van der Waals surface area contributed by atoms with Crippen molar-refractivity contribution < 1.29 is 18.0 Å². The van der Waals surface area contributed by atoms with E-state index in [1.165, 1.54) is 6.92 Å². The minimum absolute atomic E-state index is 0.102. The Hall–Kier alpha value is -2.53. The van der Waals surface area contributed by atoms with Gasteiger partial charge in [-0.15, -0.1) is 0 Å². The molecule has 0 saturated heterocycles. The number of nitrogens with zero attached hydrogens (tertiary/aromatic N) is 2. The number of aromatic nitrogens is 1. The van der Waals surface area contributed by atoms with Gasteiger partial charge in [0.05, 0.1) is 16.4 Å². The van der Waals surface area contributed by atoms with Crippen molar-refractivity contribution in [3.63, 3.8) is 0 Å². The molecule has 2 rings (SSSR count). The standard InChI is InChI=1S/C20H20F3N3OS/c1-11(2)14-7-5-6-8-17(14)26-18(27)13(4)28-19-15(10-24)16(20(21,22)23)9-12(3)25-19/h5-9,11,13H,1-4H3,(H,26,27). The zero-order valence-electron chi connectivity index (χ0n) is 15.9. The number of pyridine rings is 1. The Morgan fingerprint density at radius 1 is 1.25 bits per heavy atom. The van der Waals surface area contributed by atoms with Gasteiger partial charge in [0.15, 0.2) is 0 Å². The molecule has 28 heavy (non-hydrogen) atoms. The van der Waals surface area contributed by atoms with Gasteiger partial charge in [0.2, 0.25) is 5.91 Å². The molecule has 0 aliphatic rings. The number of para-hydroxylation sites is 1. The maximum absolute atomic E-state index is 13.2. The van der Waals surface area contributed by atoms with Gasteiger partial charge in [-0.3, -0.25) is 4.79 Å². The molecule has 0 aliphatic heterocycles. The number of anilines is 1. The average Bonchev–Trinajstić information content (AvgIpc) is 2.60. The highest BCUT2D eigenvalue weighted by atomic mass is 32.2. The van der Waals surface area contributed by atoms with Crippen molar-refractivity contribution in [2.75, 3.05) is 5.32 Å². The van der Waals surface area contributed by atoms with Gasteiger partial charge in [0.1, 0.15) is 11.1 Å². The monoisotopic (exact) mass is 407 g/mol. The Labute approximate surface area is 166 Å². The highest BCUT2D eigenvalue weighted by molar-refractivity contribution is 8.00. The average molecular weight is 407 g/mol. The maximum atomic E-state index is 13.2. The molecule has 1 N–H and O–H groups in total. The van der Waals surface area contributed by atoms with Crippen molar-refractivity contribution >= 4 is 23.4 Å². The summed E-state index contributed by atoms with van der Waals surface area (Å²) in [6.45, 7) is 6.98. The van der Waals surface area contributed by atoms with Crippen molar-refractivity contribution in [3.05, 3.63) is 52.7 Å². The molecule has 8 heteroatoms. The number of hydrogen-bond acceptors (Lipinski definition) is 4. The van der Waals surface area contributed by atoms with E-state index < -0.39 is 22.6 Å². The second-order valence-corrected chi connectivity index (χ2v) is 7.92. The Balaban J connectivity index is 2.28. The van der Waals surface area contributed by atoms with Gasteiger partial charge in [-0.2, -0.15) is 18.4 Å². The third kappa shape index (κ3) is 5.04. The normalized spacial score (nSPS) is 12.5. The molecule has 1 atom stereocenters. The highest BCUT2D eigenvalue weighted by Crippen LogP contribution is 2.37. The first-order valence-electron chi connectivity index (χ1n) is 8.60. The van der Waals surface area contributed by atoms with Crippen molar-refractivity contribution in [1.82, 2.24) is 4.98 Å². The van der Waals surface area contributed by atoms with Crippen LogP contribution in [0.3, 0.4) is 0 Å². The quantitative estimate of drug-likeness (QED) is 0.663. The van der Waals surface area contributed by atoms with Gasteiger partial charge in [-0.1, -0.05) is 43.8 Å². The van der Waals surface area contributed by atoms with Crippen molar-refractivity contribution in [2.45, 2.75) is 50.1 Å². The zero-order valence-corrected chi connectivity index (χ0v) is 16.7. The fourth-order valence-corrected chi connectivity index (χ4v) is 3.60. The van der Waals surface area contributed by atoms with Crippen molar-refractivity contribution in [3.8, 4) is 6.07 Å². The number of carbonyl (C=O) groups excluding carboxylic acids is 1. The number of thioether (sulfide) groups is 1. The minimum atomic E-state index is -4.67. The summed E-state index contributed by atoms with van der Waals surface area (Å²) in [5.41, 5.74) is 0.141. The van der Waals surface area contributed by atoms with Gasteiger partial charge in [-0.25, -0.2) is 4.98 Å². The fraction of sp³-hybridized carbons (Fsp3) is 0.350. The molecule has 1 aromatic carbocycles. The highest BCUT2D eigenvalue weighted by Gasteiger charge is 2.36. The van der Waals surface area contributed by atoms with Crippen LogP contribution < -0.4 is 5.32 Å². The Morgan fingerprint density at radius 3 is 2.46 bits per heavy atom. The van der Waals surface area contributed by atoms with Crippen LogP contribution in [0.15, 0.2) is 35.4 Å². The van der Waals surface area contributed by atoms with Crippen LogP contribution in [0.25, 0.3) is 0 Å². The van der Waals surface area contributed by atoms with Gasteiger partial charge >= 0.3 is 6.18 Å². The lowest BCUT2D eigenvalue weighted by Crippen LogP contribution is -2.23. The minimum Gasteiger partial charge on any atom is -0.325 e. The number of amides is 1. The molecule has 0 fully saturated rings. The first-order chi connectivity index (χ1) is 13.0. The van der Waals surface area contributed by atoms with Crippen LogP contribution in [0.1, 0.15) is 49.1 Å². The smallest absolute Gasteiger partial charge is 0.325 e. The van der Waals surface area contributed by atoms with E-state index in [4.69, 9.17) is 0 Å². The summed E-state index contributed by atoms with van der Waals surface area (Å²) >= 11 is 0.835. The lowest BCUT2D eigenvalue weighted by Gasteiger charge is -2.17. The van der Waals surface area contributed by atoms with E-state index in [2.05, 4.69) is 10.3 Å². The first-order valence-corrected chi connectivity index (χ1v) is 9.48. The van der Waals surface area contributed by atoms with Crippen LogP contribution in [0, 0.1) is 18.3 Å². The van der Waals surface area contributed by atoms with Crippen LogP contribution in [0.2, 0.25) is 0 Å². The summed E-state index contributed by atoms with van der Waals surface area (Å²) in [5.74, 6) is -0.184. The molecule has 1 aromatic heterocycles. The zero-order chi connectivity index (χ0) is 21.1. The summed E-state index contributed by atoms with van der Waals surface area (Å²) in [6, 6.07) is 9.77. The molecular weight excluding hydrogens is 387 g/mol. The second-order valence-electron chi connectivity index (χ2n) is 6.59. The van der Waals surface area contributed by atoms with Gasteiger partial charge in [-0.05, 0) is 37.5 Å². The molecule has 1 unspecified atom stereocenters. The van der Waals surface area contributed by atoms with E-state index in [0.717, 1.165) is 23.4 Å². The predicted molar refractivity (Wildman–Crippen MR) is 103 cm³/mol. The lowest BCUT2D eigenvalue weighted by atomic mass is 10.0. The number of benzene rings is 1. The van der Waals surface area contributed by atoms with Crippen LogP contribution in [-0.4, -0.2) is 16.1 Å². The molecule has 2 aromatic rings. The summed E-state index contributed by atoms with van der Waals surface area (Å²) in [6.07, 6.45) is -4.67. The SMILES string of the molecule is Cc1cc(C(F)(F)F)c(C#N)c(SC(C)C(=O)Nc2ccccc2C(C)C)n1. The number of halogens is 3. The number of nitriles is 1. The topological polar surface area (TPSA) is 65.8 Å². The van der Waals surface area contributed by atoms with E-state index in [9.17, 15) is 23.2 Å². The third-order valence-corrected chi connectivity index (χ3v) is 5.12. The molecule has 1 amide bonds. The van der Waals surface area contributed by atoms with E-state index in [0.29, 0.717) is 5.69 Å². The molecule has 4 nitrogen and oxygen atoms in total. The second kappa shape index (κ2) is 8.65. The number of rotatable bonds is 5. The van der Waals surface area contributed by atoms with E-state index in [1.807, 2.05) is 26.0 Å². The summed E-state index contributed by atoms with van der Waals surface area (Å²) in [4.78, 5) is 16.6. The summed E-state index contributed by atoms with van der Waals surface area (Å²) < 4.78 is 39.7. The molecular formula is C20H20F3N3OS. The number of alkyl halides is 3. The lowest BCUT2D eigenvalue weighted by molar-refractivity contribution is -0.138. The van der Waals surface area contributed by atoms with Crippen LogP contribution in [0.4, 0.5) is 18.9 Å². The van der Waals surface area contributed by atoms with Gasteiger partial charge < -0.3 is 5.32 Å².